The van der Waals surface area contributed by atoms with Gasteiger partial charge < -0.3 is 13.9 Å². The second-order valence-corrected chi connectivity index (χ2v) is 14.5. The van der Waals surface area contributed by atoms with E-state index < -0.39 is 7.14 Å². The normalized spacial score (nSPS) is 15.6. The highest BCUT2D eigenvalue weighted by Gasteiger charge is 2.39. The number of aromatic nitrogens is 1. The van der Waals surface area contributed by atoms with Gasteiger partial charge in [-0.2, -0.15) is 0 Å². The van der Waals surface area contributed by atoms with Crippen LogP contribution in [0.4, 0.5) is 0 Å². The maximum atomic E-state index is 15.1. The summed E-state index contributed by atoms with van der Waals surface area (Å²) in [6.45, 7) is 8.91. The third-order valence-electron chi connectivity index (χ3n) is 9.52. The molecule has 7 aromatic rings. The second kappa shape index (κ2) is 9.84. The first-order valence-corrected chi connectivity index (χ1v) is 16.8. The number of hydrogen-bond acceptors (Lipinski definition) is 2. The van der Waals surface area contributed by atoms with Crippen LogP contribution >= 0.6 is 7.14 Å². The Bertz CT molecular complexity index is 2250. The van der Waals surface area contributed by atoms with E-state index in [0.29, 0.717) is 11.5 Å². The van der Waals surface area contributed by atoms with Crippen molar-refractivity contribution in [2.45, 2.75) is 27.7 Å². The summed E-state index contributed by atoms with van der Waals surface area (Å²) in [6, 6.07) is 41.1. The van der Waals surface area contributed by atoms with E-state index in [0.717, 1.165) is 21.5 Å². The molecule has 8 rings (SSSR count). The van der Waals surface area contributed by atoms with E-state index in [-0.39, 0.29) is 0 Å². The summed E-state index contributed by atoms with van der Waals surface area (Å²) in [5, 5.41) is 4.84. The van der Waals surface area contributed by atoms with Crippen LogP contribution in [-0.4, -0.2) is 4.57 Å². The molecule has 1 aliphatic rings. The van der Waals surface area contributed by atoms with E-state index in [4.69, 9.17) is 4.74 Å². The summed E-state index contributed by atoms with van der Waals surface area (Å²) in [7, 11) is -3.12. The van der Waals surface area contributed by atoms with Gasteiger partial charge in [-0.05, 0) is 97.5 Å². The van der Waals surface area contributed by atoms with Crippen LogP contribution in [0.1, 0.15) is 22.3 Å². The van der Waals surface area contributed by atoms with Crippen LogP contribution in [-0.2, 0) is 4.57 Å². The topological polar surface area (TPSA) is 31.2 Å². The van der Waals surface area contributed by atoms with Crippen molar-refractivity contribution in [2.75, 3.05) is 0 Å². The zero-order valence-electron chi connectivity index (χ0n) is 25.3. The Labute approximate surface area is 257 Å². The van der Waals surface area contributed by atoms with E-state index in [1.54, 1.807) is 0 Å². The highest BCUT2D eigenvalue weighted by molar-refractivity contribution is 7.85. The van der Waals surface area contributed by atoms with Crippen molar-refractivity contribution < 1.29 is 9.30 Å². The molecule has 1 unspecified atom stereocenters. The SMILES string of the molecule is Cc1c(C)c(-n2c3ccccc3c3ccccc32)c(C)c(C)c1-c1ccc2c(c1)Oc1ccccc1P2(=O)c1ccccc1. The Kier molecular flexibility index (Phi) is 5.98. The number of rotatable bonds is 3. The molecule has 1 atom stereocenters. The maximum absolute atomic E-state index is 15.1. The van der Waals surface area contributed by atoms with Crippen molar-refractivity contribution >= 4 is 44.9 Å². The molecule has 2 heterocycles. The minimum absolute atomic E-state index is 0.659. The molecule has 0 saturated heterocycles. The van der Waals surface area contributed by atoms with Gasteiger partial charge in [0.15, 0.2) is 7.14 Å². The molecular formula is C40H32NO2P. The molecule has 44 heavy (non-hydrogen) atoms. The standard InChI is InChI=1S/C40H32NO2P/c1-25-27(3)40(41-33-18-10-8-16-31(33)32-17-9-11-19-34(32)41)28(4)26(2)39(25)29-22-23-38-36(24-29)43-35-20-12-13-21-37(35)44(38,42)30-14-6-5-7-15-30/h5-24H,1-4H3. The molecular weight excluding hydrogens is 557 g/mol. The van der Waals surface area contributed by atoms with Crippen molar-refractivity contribution in [1.82, 2.24) is 4.57 Å². The van der Waals surface area contributed by atoms with Crippen LogP contribution in [0.5, 0.6) is 11.5 Å². The highest BCUT2D eigenvalue weighted by Crippen LogP contribution is 2.52. The molecule has 1 aromatic heterocycles. The zero-order chi connectivity index (χ0) is 30.2. The van der Waals surface area contributed by atoms with E-state index in [9.17, 15) is 0 Å². The number of fused-ring (bicyclic) bond motifs is 5. The molecule has 0 spiro atoms. The van der Waals surface area contributed by atoms with Crippen molar-refractivity contribution in [1.29, 1.82) is 0 Å². The number of hydrogen-bond donors (Lipinski definition) is 0. The Hall–Kier alpha value is -4.85. The minimum atomic E-state index is -3.12. The van der Waals surface area contributed by atoms with Crippen LogP contribution in [0.15, 0.2) is 121 Å². The predicted octanol–water partition coefficient (Wildman–Crippen LogP) is 9.43. The Morgan fingerprint density at radius 1 is 0.545 bits per heavy atom. The summed E-state index contributed by atoms with van der Waals surface area (Å²) >= 11 is 0. The van der Waals surface area contributed by atoms with Crippen LogP contribution in [0.2, 0.25) is 0 Å². The third kappa shape index (κ3) is 3.66. The maximum Gasteiger partial charge on any atom is 0.178 e. The van der Waals surface area contributed by atoms with Gasteiger partial charge >= 0.3 is 0 Å². The summed E-state index contributed by atoms with van der Waals surface area (Å²) in [6.07, 6.45) is 0. The molecule has 1 aliphatic heterocycles. The molecule has 4 heteroatoms. The fourth-order valence-corrected chi connectivity index (χ4v) is 10.0. The van der Waals surface area contributed by atoms with E-state index in [1.807, 2.05) is 60.7 Å². The molecule has 0 aliphatic carbocycles. The van der Waals surface area contributed by atoms with Crippen LogP contribution in [0.25, 0.3) is 38.6 Å². The lowest BCUT2D eigenvalue weighted by Crippen LogP contribution is -2.30. The van der Waals surface area contributed by atoms with Gasteiger partial charge in [-0.1, -0.05) is 84.9 Å². The summed E-state index contributed by atoms with van der Waals surface area (Å²) in [5.74, 6) is 1.32. The van der Waals surface area contributed by atoms with Crippen molar-refractivity contribution in [3.05, 3.63) is 144 Å². The molecule has 0 saturated carbocycles. The number of nitrogens with zero attached hydrogens (tertiary/aromatic N) is 1. The third-order valence-corrected chi connectivity index (χ3v) is 12.6. The van der Waals surface area contributed by atoms with Crippen LogP contribution < -0.4 is 20.7 Å². The molecule has 6 aromatic carbocycles. The monoisotopic (exact) mass is 589 g/mol. The fourth-order valence-electron chi connectivity index (χ4n) is 7.20. The summed E-state index contributed by atoms with van der Waals surface area (Å²) in [5.41, 5.74) is 10.9. The first kappa shape index (κ1) is 26.8. The number of para-hydroxylation sites is 3. The molecule has 0 fully saturated rings. The Balaban J connectivity index is 1.34. The van der Waals surface area contributed by atoms with Crippen molar-refractivity contribution in [3.8, 4) is 28.3 Å². The van der Waals surface area contributed by atoms with Gasteiger partial charge in [-0.15, -0.1) is 0 Å². The van der Waals surface area contributed by atoms with Gasteiger partial charge in [0.25, 0.3) is 0 Å². The van der Waals surface area contributed by atoms with Crippen LogP contribution in [0, 0.1) is 27.7 Å². The average molecular weight is 590 g/mol. The first-order chi connectivity index (χ1) is 21.4. The van der Waals surface area contributed by atoms with Gasteiger partial charge in [0.05, 0.1) is 27.3 Å². The quantitative estimate of drug-likeness (QED) is 0.192. The fraction of sp³-hybridized carbons (Fsp3) is 0.100. The lowest BCUT2D eigenvalue weighted by molar-refractivity contribution is 0.485. The van der Waals surface area contributed by atoms with Crippen LogP contribution in [0.3, 0.4) is 0 Å². The predicted molar refractivity (Wildman–Crippen MR) is 185 cm³/mol. The van der Waals surface area contributed by atoms with Gasteiger partial charge in [0, 0.05) is 16.1 Å². The van der Waals surface area contributed by atoms with E-state index >= 15 is 4.57 Å². The largest absolute Gasteiger partial charge is 0.456 e. The van der Waals surface area contributed by atoms with Crippen molar-refractivity contribution in [3.63, 3.8) is 0 Å². The lowest BCUT2D eigenvalue weighted by atomic mass is 9.88. The molecule has 0 radical (unpaired) electrons. The van der Waals surface area contributed by atoms with E-state index in [1.165, 1.54) is 55.3 Å². The smallest absolute Gasteiger partial charge is 0.178 e. The van der Waals surface area contributed by atoms with Crippen molar-refractivity contribution in [2.24, 2.45) is 0 Å². The molecule has 0 bridgehead atoms. The minimum Gasteiger partial charge on any atom is -0.456 e. The number of benzene rings is 6. The van der Waals surface area contributed by atoms with E-state index in [2.05, 4.69) is 92.9 Å². The average Bonchev–Trinajstić information content (AvgIpc) is 3.39. The molecule has 0 amide bonds. The Morgan fingerprint density at radius 3 is 1.75 bits per heavy atom. The lowest BCUT2D eigenvalue weighted by Gasteiger charge is -2.30. The molecule has 214 valence electrons. The van der Waals surface area contributed by atoms with Gasteiger partial charge in [-0.3, -0.25) is 0 Å². The molecule has 0 N–H and O–H groups in total. The highest BCUT2D eigenvalue weighted by atomic mass is 31.2. The van der Waals surface area contributed by atoms with Gasteiger partial charge in [0.2, 0.25) is 0 Å². The summed E-state index contributed by atoms with van der Waals surface area (Å²) < 4.78 is 24.0. The first-order valence-electron chi connectivity index (χ1n) is 15.1. The zero-order valence-corrected chi connectivity index (χ0v) is 26.2. The number of ether oxygens (including phenoxy) is 1. The van der Waals surface area contributed by atoms with Gasteiger partial charge in [-0.25, -0.2) is 0 Å². The molecule has 3 nitrogen and oxygen atoms in total. The second-order valence-electron chi connectivity index (χ2n) is 11.8. The summed E-state index contributed by atoms with van der Waals surface area (Å²) in [4.78, 5) is 0. The van der Waals surface area contributed by atoms with Gasteiger partial charge in [0.1, 0.15) is 11.5 Å². The Morgan fingerprint density at radius 2 is 1.09 bits per heavy atom.